The van der Waals surface area contributed by atoms with Crippen molar-refractivity contribution in [2.24, 2.45) is 0 Å². The summed E-state index contributed by atoms with van der Waals surface area (Å²) in [6.45, 7) is 1.92. The highest BCUT2D eigenvalue weighted by molar-refractivity contribution is 5.46. The van der Waals surface area contributed by atoms with Crippen molar-refractivity contribution < 1.29 is 19.0 Å². The first-order chi connectivity index (χ1) is 9.56. The Kier molecular flexibility index (Phi) is 4.25. The summed E-state index contributed by atoms with van der Waals surface area (Å²) in [4.78, 5) is 0. The van der Waals surface area contributed by atoms with E-state index in [-0.39, 0.29) is 0 Å². The van der Waals surface area contributed by atoms with Gasteiger partial charge in [-0.25, -0.2) is 4.39 Å². The summed E-state index contributed by atoms with van der Waals surface area (Å²) >= 11 is 0. The van der Waals surface area contributed by atoms with Gasteiger partial charge in [-0.15, -0.1) is 0 Å². The standard InChI is InChI=1S/C16H17FO3/c1-10-4-6-14(19-2)12(8-10)16(18)13-9-11(17)5-7-15(13)20-3/h4-9,16,18H,1-3H3. The van der Waals surface area contributed by atoms with Crippen molar-refractivity contribution in [1.82, 2.24) is 0 Å². The van der Waals surface area contributed by atoms with Crippen LogP contribution in [0.25, 0.3) is 0 Å². The fraction of sp³-hybridized carbons (Fsp3) is 0.250. The van der Waals surface area contributed by atoms with E-state index in [0.29, 0.717) is 22.6 Å². The Morgan fingerprint density at radius 1 is 0.950 bits per heavy atom. The molecule has 4 heteroatoms. The van der Waals surface area contributed by atoms with Crippen LogP contribution in [-0.2, 0) is 0 Å². The van der Waals surface area contributed by atoms with Gasteiger partial charge in [0.15, 0.2) is 0 Å². The van der Waals surface area contributed by atoms with Crippen LogP contribution in [0.15, 0.2) is 36.4 Å². The van der Waals surface area contributed by atoms with Gasteiger partial charge >= 0.3 is 0 Å². The van der Waals surface area contributed by atoms with E-state index in [4.69, 9.17) is 9.47 Å². The van der Waals surface area contributed by atoms with E-state index in [0.717, 1.165) is 5.56 Å². The van der Waals surface area contributed by atoms with E-state index in [1.165, 1.54) is 32.4 Å². The highest BCUT2D eigenvalue weighted by atomic mass is 19.1. The summed E-state index contributed by atoms with van der Waals surface area (Å²) in [5, 5.41) is 10.5. The van der Waals surface area contributed by atoms with Gasteiger partial charge in [-0.05, 0) is 37.3 Å². The van der Waals surface area contributed by atoms with Crippen LogP contribution >= 0.6 is 0 Å². The van der Waals surface area contributed by atoms with Gasteiger partial charge in [0.05, 0.1) is 14.2 Å². The Balaban J connectivity index is 2.53. The normalized spacial score (nSPS) is 12.1. The molecule has 0 fully saturated rings. The number of aliphatic hydroxyl groups is 1. The number of hydrogen-bond acceptors (Lipinski definition) is 3. The molecule has 2 aromatic carbocycles. The zero-order valence-electron chi connectivity index (χ0n) is 11.7. The minimum atomic E-state index is -1.02. The Morgan fingerprint density at radius 3 is 2.10 bits per heavy atom. The molecule has 0 aliphatic rings. The topological polar surface area (TPSA) is 38.7 Å². The monoisotopic (exact) mass is 276 g/mol. The second-order valence-corrected chi connectivity index (χ2v) is 4.53. The lowest BCUT2D eigenvalue weighted by atomic mass is 9.98. The van der Waals surface area contributed by atoms with E-state index in [2.05, 4.69) is 0 Å². The summed E-state index contributed by atoms with van der Waals surface area (Å²) in [7, 11) is 3.01. The number of ether oxygens (including phenoxy) is 2. The molecule has 0 aromatic heterocycles. The zero-order chi connectivity index (χ0) is 14.7. The number of hydrogen-bond donors (Lipinski definition) is 1. The van der Waals surface area contributed by atoms with Gasteiger partial charge in [0.2, 0.25) is 0 Å². The van der Waals surface area contributed by atoms with Crippen molar-refractivity contribution in [2.75, 3.05) is 14.2 Å². The van der Waals surface area contributed by atoms with Crippen LogP contribution in [0.2, 0.25) is 0 Å². The number of methoxy groups -OCH3 is 2. The highest BCUT2D eigenvalue weighted by Crippen LogP contribution is 2.35. The van der Waals surface area contributed by atoms with E-state index in [1.54, 1.807) is 6.07 Å². The molecule has 0 amide bonds. The predicted molar refractivity (Wildman–Crippen MR) is 74.7 cm³/mol. The van der Waals surface area contributed by atoms with Crippen LogP contribution < -0.4 is 9.47 Å². The molecule has 0 saturated carbocycles. The highest BCUT2D eigenvalue weighted by Gasteiger charge is 2.20. The van der Waals surface area contributed by atoms with Gasteiger partial charge in [0.25, 0.3) is 0 Å². The van der Waals surface area contributed by atoms with Crippen molar-refractivity contribution in [3.8, 4) is 11.5 Å². The van der Waals surface area contributed by atoms with Gasteiger partial charge in [-0.3, -0.25) is 0 Å². The maximum atomic E-state index is 13.4. The maximum absolute atomic E-state index is 13.4. The van der Waals surface area contributed by atoms with Crippen LogP contribution in [0.4, 0.5) is 4.39 Å². The van der Waals surface area contributed by atoms with Crippen molar-refractivity contribution in [3.63, 3.8) is 0 Å². The summed E-state index contributed by atoms with van der Waals surface area (Å²) in [6, 6.07) is 9.54. The van der Waals surface area contributed by atoms with Crippen molar-refractivity contribution in [3.05, 3.63) is 58.9 Å². The minimum absolute atomic E-state index is 0.372. The van der Waals surface area contributed by atoms with Crippen molar-refractivity contribution in [1.29, 1.82) is 0 Å². The molecule has 2 rings (SSSR count). The van der Waals surface area contributed by atoms with Gasteiger partial charge in [0, 0.05) is 11.1 Å². The first-order valence-electron chi connectivity index (χ1n) is 6.23. The molecule has 0 saturated heterocycles. The van der Waals surface area contributed by atoms with Gasteiger partial charge in [-0.1, -0.05) is 11.6 Å². The smallest absolute Gasteiger partial charge is 0.125 e. The van der Waals surface area contributed by atoms with E-state index < -0.39 is 11.9 Å². The third-order valence-electron chi connectivity index (χ3n) is 3.17. The molecule has 0 aliphatic heterocycles. The summed E-state index contributed by atoms with van der Waals surface area (Å²) < 4.78 is 23.9. The number of aryl methyl sites for hydroxylation is 1. The molecule has 0 aliphatic carbocycles. The summed E-state index contributed by atoms with van der Waals surface area (Å²) in [5.41, 5.74) is 1.93. The number of aliphatic hydroxyl groups excluding tert-OH is 1. The Labute approximate surface area is 117 Å². The molecule has 0 heterocycles. The largest absolute Gasteiger partial charge is 0.496 e. The molecule has 106 valence electrons. The maximum Gasteiger partial charge on any atom is 0.125 e. The van der Waals surface area contributed by atoms with E-state index >= 15 is 0 Å². The molecule has 2 aromatic rings. The number of benzene rings is 2. The van der Waals surface area contributed by atoms with Crippen molar-refractivity contribution >= 4 is 0 Å². The fourth-order valence-electron chi connectivity index (χ4n) is 2.15. The van der Waals surface area contributed by atoms with Gasteiger partial charge in [-0.2, -0.15) is 0 Å². The quantitative estimate of drug-likeness (QED) is 0.931. The Hall–Kier alpha value is -2.07. The lowest BCUT2D eigenvalue weighted by Gasteiger charge is -2.18. The first kappa shape index (κ1) is 14.3. The summed E-state index contributed by atoms with van der Waals surface area (Å²) in [6.07, 6.45) is -1.02. The van der Waals surface area contributed by atoms with Crippen LogP contribution in [0.3, 0.4) is 0 Å². The van der Waals surface area contributed by atoms with Gasteiger partial charge < -0.3 is 14.6 Å². The van der Waals surface area contributed by atoms with Crippen LogP contribution in [0, 0.1) is 12.7 Å². The van der Waals surface area contributed by atoms with E-state index in [9.17, 15) is 9.50 Å². The molecule has 0 spiro atoms. The molecule has 20 heavy (non-hydrogen) atoms. The molecule has 3 nitrogen and oxygen atoms in total. The van der Waals surface area contributed by atoms with Crippen LogP contribution in [0.5, 0.6) is 11.5 Å². The average Bonchev–Trinajstić information content (AvgIpc) is 2.46. The third kappa shape index (κ3) is 2.75. The zero-order valence-corrected chi connectivity index (χ0v) is 11.7. The third-order valence-corrected chi connectivity index (χ3v) is 3.17. The molecule has 0 radical (unpaired) electrons. The van der Waals surface area contributed by atoms with Crippen molar-refractivity contribution in [2.45, 2.75) is 13.0 Å². The number of rotatable bonds is 4. The second-order valence-electron chi connectivity index (χ2n) is 4.53. The molecule has 1 unspecified atom stereocenters. The second kappa shape index (κ2) is 5.92. The van der Waals surface area contributed by atoms with E-state index in [1.807, 2.05) is 19.1 Å². The fourth-order valence-corrected chi connectivity index (χ4v) is 2.15. The lowest BCUT2D eigenvalue weighted by molar-refractivity contribution is 0.209. The number of halogens is 1. The van der Waals surface area contributed by atoms with Crippen LogP contribution in [0.1, 0.15) is 22.8 Å². The average molecular weight is 276 g/mol. The SMILES string of the molecule is COc1ccc(C)cc1C(O)c1cc(F)ccc1OC. The lowest BCUT2D eigenvalue weighted by Crippen LogP contribution is -2.05. The molecule has 1 N–H and O–H groups in total. The Morgan fingerprint density at radius 2 is 1.50 bits per heavy atom. The Bertz CT molecular complexity index is 557. The molecular formula is C16H17FO3. The molecular weight excluding hydrogens is 259 g/mol. The molecule has 1 atom stereocenters. The first-order valence-corrected chi connectivity index (χ1v) is 6.23. The van der Waals surface area contributed by atoms with Crippen LogP contribution in [-0.4, -0.2) is 19.3 Å². The minimum Gasteiger partial charge on any atom is -0.496 e. The molecule has 0 bridgehead atoms. The predicted octanol–water partition coefficient (Wildman–Crippen LogP) is 3.23. The summed E-state index contributed by atoms with van der Waals surface area (Å²) in [5.74, 6) is 0.559. The van der Waals surface area contributed by atoms with Gasteiger partial charge in [0.1, 0.15) is 23.4 Å².